The molecular formula is C26H35NO3. The Morgan fingerprint density at radius 1 is 1.17 bits per heavy atom. The third-order valence-corrected chi connectivity index (χ3v) is 6.27. The Balaban J connectivity index is 1.79. The summed E-state index contributed by atoms with van der Waals surface area (Å²) in [6, 6.07) is 14.1. The molecule has 2 atom stereocenters. The van der Waals surface area contributed by atoms with Crippen LogP contribution >= 0.6 is 0 Å². The smallest absolute Gasteiger partial charge is 0.261 e. The number of benzene rings is 2. The molecule has 0 radical (unpaired) electrons. The number of para-hydroxylation sites is 1. The largest absolute Gasteiger partial charge is 0.487 e. The highest BCUT2D eigenvalue weighted by Crippen LogP contribution is 2.42. The molecule has 3 rings (SSSR count). The van der Waals surface area contributed by atoms with Crippen LogP contribution in [0.1, 0.15) is 82.5 Å². The van der Waals surface area contributed by atoms with Crippen molar-refractivity contribution in [2.45, 2.75) is 84.5 Å². The van der Waals surface area contributed by atoms with E-state index in [1.807, 2.05) is 44.2 Å². The Kier molecular flexibility index (Phi) is 6.74. The van der Waals surface area contributed by atoms with E-state index in [9.17, 15) is 4.79 Å². The molecule has 1 N–H and O–H groups in total. The lowest BCUT2D eigenvalue weighted by Gasteiger charge is -2.42. The normalized spacial score (nSPS) is 18.3. The average molecular weight is 410 g/mol. The summed E-state index contributed by atoms with van der Waals surface area (Å²) in [5.74, 6) is 1.88. The SMILES string of the molecule is CCC1(CC)C[C@H](NC(=O)[C@@H](C)Oc2cc(C)ccc2C(C)C)c2ccccc2O1. The van der Waals surface area contributed by atoms with Crippen LogP contribution in [0.25, 0.3) is 0 Å². The van der Waals surface area contributed by atoms with Gasteiger partial charge in [0.25, 0.3) is 5.91 Å². The number of ether oxygens (including phenoxy) is 2. The van der Waals surface area contributed by atoms with Gasteiger partial charge in [-0.15, -0.1) is 0 Å². The van der Waals surface area contributed by atoms with Gasteiger partial charge in [-0.05, 0) is 55.9 Å². The molecule has 0 saturated heterocycles. The van der Waals surface area contributed by atoms with E-state index < -0.39 is 6.10 Å². The lowest BCUT2D eigenvalue weighted by Crippen LogP contribution is -2.47. The summed E-state index contributed by atoms with van der Waals surface area (Å²) in [4.78, 5) is 13.1. The van der Waals surface area contributed by atoms with Crippen molar-refractivity contribution in [2.24, 2.45) is 0 Å². The van der Waals surface area contributed by atoms with Crippen molar-refractivity contribution in [1.29, 1.82) is 0 Å². The monoisotopic (exact) mass is 409 g/mol. The van der Waals surface area contributed by atoms with E-state index in [0.717, 1.165) is 47.5 Å². The minimum Gasteiger partial charge on any atom is -0.487 e. The summed E-state index contributed by atoms with van der Waals surface area (Å²) in [6.45, 7) is 12.4. The Morgan fingerprint density at radius 3 is 2.53 bits per heavy atom. The maximum absolute atomic E-state index is 13.1. The quantitative estimate of drug-likeness (QED) is 0.602. The molecule has 2 aromatic carbocycles. The van der Waals surface area contributed by atoms with Crippen molar-refractivity contribution < 1.29 is 14.3 Å². The van der Waals surface area contributed by atoms with Crippen molar-refractivity contribution in [3.8, 4) is 11.5 Å². The molecule has 1 aliphatic rings. The molecule has 4 nitrogen and oxygen atoms in total. The number of nitrogens with one attached hydrogen (secondary N) is 1. The molecule has 1 heterocycles. The Bertz CT molecular complexity index is 886. The fourth-order valence-corrected chi connectivity index (χ4v) is 4.18. The second-order valence-corrected chi connectivity index (χ2v) is 8.75. The maximum Gasteiger partial charge on any atom is 0.261 e. The number of rotatable bonds is 7. The van der Waals surface area contributed by atoms with Crippen molar-refractivity contribution in [3.63, 3.8) is 0 Å². The van der Waals surface area contributed by atoms with Gasteiger partial charge in [0.15, 0.2) is 6.10 Å². The first-order valence-corrected chi connectivity index (χ1v) is 11.1. The van der Waals surface area contributed by atoms with Crippen LogP contribution in [0.2, 0.25) is 0 Å². The molecule has 0 saturated carbocycles. The van der Waals surface area contributed by atoms with E-state index >= 15 is 0 Å². The number of carbonyl (C=O) groups excluding carboxylic acids is 1. The third-order valence-electron chi connectivity index (χ3n) is 6.27. The zero-order valence-corrected chi connectivity index (χ0v) is 19.1. The minimum absolute atomic E-state index is 0.0875. The van der Waals surface area contributed by atoms with E-state index in [-0.39, 0.29) is 17.6 Å². The van der Waals surface area contributed by atoms with Crippen molar-refractivity contribution in [1.82, 2.24) is 5.32 Å². The lowest BCUT2D eigenvalue weighted by molar-refractivity contribution is -0.128. The second-order valence-electron chi connectivity index (χ2n) is 8.75. The zero-order chi connectivity index (χ0) is 21.9. The topological polar surface area (TPSA) is 47.6 Å². The first kappa shape index (κ1) is 22.2. The summed E-state index contributed by atoms with van der Waals surface area (Å²) in [5, 5.41) is 3.24. The van der Waals surface area contributed by atoms with Gasteiger partial charge in [-0.2, -0.15) is 0 Å². The predicted molar refractivity (Wildman–Crippen MR) is 121 cm³/mol. The summed E-state index contributed by atoms with van der Waals surface area (Å²) in [6.07, 6.45) is 1.98. The van der Waals surface area contributed by atoms with Gasteiger partial charge in [-0.25, -0.2) is 0 Å². The number of aryl methyl sites for hydroxylation is 1. The summed E-state index contributed by atoms with van der Waals surface area (Å²) in [7, 11) is 0. The molecular weight excluding hydrogens is 374 g/mol. The molecule has 1 aliphatic heterocycles. The van der Waals surface area contributed by atoms with Crippen LogP contribution < -0.4 is 14.8 Å². The molecule has 0 unspecified atom stereocenters. The van der Waals surface area contributed by atoms with E-state index in [1.165, 1.54) is 0 Å². The second kappa shape index (κ2) is 9.11. The first-order chi connectivity index (χ1) is 14.3. The highest BCUT2D eigenvalue weighted by Gasteiger charge is 2.39. The fraction of sp³-hybridized carbons (Fsp3) is 0.500. The van der Waals surface area contributed by atoms with Gasteiger partial charge in [0, 0.05) is 12.0 Å². The van der Waals surface area contributed by atoms with E-state index in [0.29, 0.717) is 5.92 Å². The van der Waals surface area contributed by atoms with Gasteiger partial charge < -0.3 is 14.8 Å². The van der Waals surface area contributed by atoms with E-state index in [1.54, 1.807) is 0 Å². The lowest BCUT2D eigenvalue weighted by atomic mass is 9.83. The van der Waals surface area contributed by atoms with Gasteiger partial charge in [-0.1, -0.05) is 58.0 Å². The van der Waals surface area contributed by atoms with Crippen LogP contribution in [0.15, 0.2) is 42.5 Å². The van der Waals surface area contributed by atoms with Crippen LogP contribution in [0, 0.1) is 6.92 Å². The van der Waals surface area contributed by atoms with Crippen molar-refractivity contribution >= 4 is 5.91 Å². The first-order valence-electron chi connectivity index (χ1n) is 11.1. The molecule has 0 fully saturated rings. The van der Waals surface area contributed by atoms with Crippen molar-refractivity contribution in [3.05, 3.63) is 59.2 Å². The van der Waals surface area contributed by atoms with E-state index in [4.69, 9.17) is 9.47 Å². The number of fused-ring (bicyclic) bond motifs is 1. The Labute approximate surface area is 181 Å². The van der Waals surface area contributed by atoms with Crippen LogP contribution in [0.5, 0.6) is 11.5 Å². The van der Waals surface area contributed by atoms with Gasteiger partial charge in [0.1, 0.15) is 17.1 Å². The van der Waals surface area contributed by atoms with Crippen LogP contribution in [0.3, 0.4) is 0 Å². The molecule has 162 valence electrons. The average Bonchev–Trinajstić information content (AvgIpc) is 2.73. The predicted octanol–water partition coefficient (Wildman–Crippen LogP) is 6.08. The molecule has 0 bridgehead atoms. The number of amides is 1. The third kappa shape index (κ3) is 4.63. The minimum atomic E-state index is -0.586. The molecule has 0 spiro atoms. The maximum atomic E-state index is 13.1. The molecule has 30 heavy (non-hydrogen) atoms. The number of carbonyl (C=O) groups is 1. The standard InChI is InChI=1S/C26H35NO3/c1-7-26(8-2)16-22(21-11-9-10-12-23(21)30-26)27-25(28)19(6)29-24-15-18(5)13-14-20(24)17(3)4/h9-15,17,19,22H,7-8,16H2,1-6H3,(H,27,28)/t19-,22+/m1/s1. The van der Waals surface area contributed by atoms with Gasteiger partial charge >= 0.3 is 0 Å². The van der Waals surface area contributed by atoms with Crippen molar-refractivity contribution in [2.75, 3.05) is 0 Å². The fourth-order valence-electron chi connectivity index (χ4n) is 4.18. The summed E-state index contributed by atoms with van der Waals surface area (Å²) < 4.78 is 12.5. The summed E-state index contributed by atoms with van der Waals surface area (Å²) in [5.41, 5.74) is 3.02. The number of hydrogen-bond acceptors (Lipinski definition) is 3. The molecule has 0 aliphatic carbocycles. The molecule has 4 heteroatoms. The van der Waals surface area contributed by atoms with Gasteiger partial charge in [0.05, 0.1) is 6.04 Å². The Hall–Kier alpha value is -2.49. The van der Waals surface area contributed by atoms with E-state index in [2.05, 4.69) is 45.1 Å². The molecule has 0 aromatic heterocycles. The highest BCUT2D eigenvalue weighted by atomic mass is 16.5. The zero-order valence-electron chi connectivity index (χ0n) is 19.1. The van der Waals surface area contributed by atoms with Crippen LogP contribution in [-0.4, -0.2) is 17.6 Å². The van der Waals surface area contributed by atoms with Gasteiger partial charge in [0.2, 0.25) is 0 Å². The Morgan fingerprint density at radius 2 is 1.87 bits per heavy atom. The molecule has 1 amide bonds. The highest BCUT2D eigenvalue weighted by molar-refractivity contribution is 5.81. The number of hydrogen-bond donors (Lipinski definition) is 1. The van der Waals surface area contributed by atoms with Crippen LogP contribution in [-0.2, 0) is 4.79 Å². The summed E-state index contributed by atoms with van der Waals surface area (Å²) >= 11 is 0. The van der Waals surface area contributed by atoms with Crippen LogP contribution in [0.4, 0.5) is 0 Å². The van der Waals surface area contributed by atoms with Gasteiger partial charge in [-0.3, -0.25) is 4.79 Å². The molecule has 2 aromatic rings.